The molecule has 0 amide bonds. The molecule has 3 rings (SSSR count). The zero-order chi connectivity index (χ0) is 22.1. The van der Waals surface area contributed by atoms with E-state index in [0.29, 0.717) is 38.6 Å². The van der Waals surface area contributed by atoms with E-state index in [1.807, 2.05) is 24.3 Å². The quantitative estimate of drug-likeness (QED) is 0.471. The van der Waals surface area contributed by atoms with Gasteiger partial charge in [-0.1, -0.05) is 12.1 Å². The van der Waals surface area contributed by atoms with Gasteiger partial charge in [0.25, 0.3) is 0 Å². The van der Waals surface area contributed by atoms with Gasteiger partial charge in [-0.15, -0.1) is 0 Å². The van der Waals surface area contributed by atoms with Crippen LogP contribution in [0, 0.1) is 0 Å². The molecule has 1 atom stereocenters. The van der Waals surface area contributed by atoms with E-state index in [1.54, 1.807) is 7.05 Å². The normalized spacial score (nSPS) is 21.3. The fraction of sp³-hybridized carbons (Fsp3) is 0.667. The van der Waals surface area contributed by atoms with Crippen molar-refractivity contribution in [2.45, 2.75) is 25.2 Å². The molecule has 2 fully saturated rings. The molecule has 7 nitrogen and oxygen atoms in total. The number of ether oxygens (including phenoxy) is 2. The average molecular weight is 444 g/mol. The monoisotopic (exact) mass is 443 g/mol. The van der Waals surface area contributed by atoms with Gasteiger partial charge in [-0.3, -0.25) is 14.8 Å². The van der Waals surface area contributed by atoms with Crippen LogP contribution < -0.4 is 15.4 Å². The van der Waals surface area contributed by atoms with Crippen LogP contribution in [0.1, 0.15) is 12.0 Å². The third-order valence-electron chi connectivity index (χ3n) is 5.38. The molecular weight excluding hydrogens is 411 g/mol. The largest absolute Gasteiger partial charge is 0.492 e. The Hall–Kier alpha value is -2.04. The van der Waals surface area contributed by atoms with Crippen molar-refractivity contribution >= 4 is 5.96 Å². The number of hydrogen-bond donors (Lipinski definition) is 2. The number of aliphatic imine (C=N–C) groups is 1. The second-order valence-corrected chi connectivity index (χ2v) is 7.86. The molecule has 2 heterocycles. The minimum atomic E-state index is -4.16. The number of alkyl halides is 3. The summed E-state index contributed by atoms with van der Waals surface area (Å²) >= 11 is 0. The molecule has 2 N–H and O–H groups in total. The van der Waals surface area contributed by atoms with Crippen LogP contribution in [-0.4, -0.2) is 94.1 Å². The van der Waals surface area contributed by atoms with Crippen molar-refractivity contribution < 1.29 is 22.6 Å². The van der Waals surface area contributed by atoms with Gasteiger partial charge in [-0.05, 0) is 24.1 Å². The Balaban J connectivity index is 1.39. The van der Waals surface area contributed by atoms with Crippen molar-refractivity contribution in [1.82, 2.24) is 20.4 Å². The van der Waals surface area contributed by atoms with Crippen LogP contribution in [0.15, 0.2) is 29.3 Å². The Morgan fingerprint density at radius 1 is 1.23 bits per heavy atom. The van der Waals surface area contributed by atoms with E-state index >= 15 is 0 Å². The molecule has 0 bridgehead atoms. The van der Waals surface area contributed by atoms with Crippen LogP contribution in [0.5, 0.6) is 5.75 Å². The standard InChI is InChI=1S/C21H32F3N5O2/c1-25-20(27-18-5-6-29(15-18)16-21(22,23)24)26-14-17-3-2-4-19(13-17)31-12-9-28-7-10-30-11-8-28/h2-4,13,18H,5-12,14-16H2,1H3,(H2,25,26,27). The molecule has 31 heavy (non-hydrogen) atoms. The van der Waals surface area contributed by atoms with E-state index in [9.17, 15) is 13.2 Å². The predicted octanol–water partition coefficient (Wildman–Crippen LogP) is 1.70. The maximum atomic E-state index is 12.6. The van der Waals surface area contributed by atoms with Crippen molar-refractivity contribution in [3.05, 3.63) is 29.8 Å². The van der Waals surface area contributed by atoms with Crippen LogP contribution in [-0.2, 0) is 11.3 Å². The van der Waals surface area contributed by atoms with Gasteiger partial charge >= 0.3 is 6.18 Å². The molecule has 2 aliphatic heterocycles. The second-order valence-electron chi connectivity index (χ2n) is 7.86. The maximum Gasteiger partial charge on any atom is 0.401 e. The maximum absolute atomic E-state index is 12.6. The number of morpholine rings is 1. The summed E-state index contributed by atoms with van der Waals surface area (Å²) in [5, 5.41) is 6.45. The highest BCUT2D eigenvalue weighted by atomic mass is 19.4. The molecule has 2 aliphatic rings. The van der Waals surface area contributed by atoms with Gasteiger partial charge in [0, 0.05) is 52.4 Å². The number of halogens is 3. The molecule has 174 valence electrons. The Labute approximate surface area is 181 Å². The predicted molar refractivity (Wildman–Crippen MR) is 113 cm³/mol. The van der Waals surface area contributed by atoms with Crippen LogP contribution >= 0.6 is 0 Å². The number of hydrogen-bond acceptors (Lipinski definition) is 5. The highest BCUT2D eigenvalue weighted by Crippen LogP contribution is 2.20. The molecular formula is C21H32F3N5O2. The number of nitrogens with one attached hydrogen (secondary N) is 2. The van der Waals surface area contributed by atoms with Crippen LogP contribution in [0.4, 0.5) is 13.2 Å². The van der Waals surface area contributed by atoms with E-state index in [1.165, 1.54) is 4.90 Å². The lowest BCUT2D eigenvalue weighted by atomic mass is 10.2. The second kappa shape index (κ2) is 11.5. The third kappa shape index (κ3) is 8.54. The molecule has 0 spiro atoms. The van der Waals surface area contributed by atoms with Gasteiger partial charge in [0.2, 0.25) is 0 Å². The fourth-order valence-corrected chi connectivity index (χ4v) is 3.78. The summed E-state index contributed by atoms with van der Waals surface area (Å²) in [7, 11) is 1.66. The summed E-state index contributed by atoms with van der Waals surface area (Å²) in [5.74, 6) is 1.39. The summed E-state index contributed by atoms with van der Waals surface area (Å²) < 4.78 is 48.9. The Bertz CT molecular complexity index is 711. The highest BCUT2D eigenvalue weighted by molar-refractivity contribution is 5.80. The molecule has 1 unspecified atom stereocenters. The van der Waals surface area contributed by atoms with Gasteiger partial charge in [0.1, 0.15) is 12.4 Å². The summed E-state index contributed by atoms with van der Waals surface area (Å²) in [6.07, 6.45) is -3.51. The van der Waals surface area contributed by atoms with E-state index in [-0.39, 0.29) is 6.04 Å². The van der Waals surface area contributed by atoms with Crippen LogP contribution in [0.25, 0.3) is 0 Å². The summed E-state index contributed by atoms with van der Waals surface area (Å²) in [5.41, 5.74) is 1.04. The summed E-state index contributed by atoms with van der Waals surface area (Å²) in [6.45, 7) is 5.38. The fourth-order valence-electron chi connectivity index (χ4n) is 3.78. The lowest BCUT2D eigenvalue weighted by molar-refractivity contribution is -0.143. The molecule has 0 radical (unpaired) electrons. The lowest BCUT2D eigenvalue weighted by Crippen LogP contribution is -2.44. The van der Waals surface area contributed by atoms with E-state index in [0.717, 1.165) is 44.2 Å². The SMILES string of the molecule is CN=C(NCc1cccc(OCCN2CCOCC2)c1)NC1CCN(CC(F)(F)F)C1. The van der Waals surface area contributed by atoms with E-state index in [2.05, 4.69) is 20.5 Å². The average Bonchev–Trinajstić information content (AvgIpc) is 3.17. The van der Waals surface area contributed by atoms with Gasteiger partial charge in [0.15, 0.2) is 5.96 Å². The Morgan fingerprint density at radius 2 is 2.03 bits per heavy atom. The van der Waals surface area contributed by atoms with Crippen molar-refractivity contribution in [3.63, 3.8) is 0 Å². The van der Waals surface area contributed by atoms with Crippen LogP contribution in [0.3, 0.4) is 0 Å². The third-order valence-corrected chi connectivity index (χ3v) is 5.38. The van der Waals surface area contributed by atoms with Crippen molar-refractivity contribution in [2.75, 3.05) is 66.1 Å². The smallest absolute Gasteiger partial charge is 0.401 e. The molecule has 0 saturated carbocycles. The molecule has 1 aromatic rings. The molecule has 0 aliphatic carbocycles. The first kappa shape index (κ1) is 23.6. The number of guanidine groups is 1. The Kier molecular flexibility index (Phi) is 8.79. The summed E-state index contributed by atoms with van der Waals surface area (Å²) in [6, 6.07) is 7.81. The number of nitrogens with zero attached hydrogens (tertiary/aromatic N) is 3. The minimum absolute atomic E-state index is 0.0524. The first-order valence-electron chi connectivity index (χ1n) is 10.7. The zero-order valence-electron chi connectivity index (χ0n) is 18.0. The molecule has 2 saturated heterocycles. The van der Waals surface area contributed by atoms with Gasteiger partial charge in [-0.2, -0.15) is 13.2 Å². The van der Waals surface area contributed by atoms with E-state index < -0.39 is 12.7 Å². The van der Waals surface area contributed by atoms with Gasteiger partial charge < -0.3 is 20.1 Å². The first-order valence-corrected chi connectivity index (χ1v) is 10.7. The van der Waals surface area contributed by atoms with E-state index in [4.69, 9.17) is 9.47 Å². The minimum Gasteiger partial charge on any atom is -0.492 e. The lowest BCUT2D eigenvalue weighted by Gasteiger charge is -2.26. The highest BCUT2D eigenvalue weighted by Gasteiger charge is 2.34. The summed E-state index contributed by atoms with van der Waals surface area (Å²) in [4.78, 5) is 7.94. The van der Waals surface area contributed by atoms with Crippen molar-refractivity contribution in [2.24, 2.45) is 4.99 Å². The molecule has 1 aromatic carbocycles. The Morgan fingerprint density at radius 3 is 2.77 bits per heavy atom. The number of benzene rings is 1. The topological polar surface area (TPSA) is 61.4 Å². The molecule has 0 aromatic heterocycles. The number of rotatable bonds is 8. The molecule has 10 heteroatoms. The number of likely N-dealkylation sites (tertiary alicyclic amines) is 1. The zero-order valence-corrected chi connectivity index (χ0v) is 18.0. The van der Waals surface area contributed by atoms with Gasteiger partial charge in [0.05, 0.1) is 19.8 Å². The van der Waals surface area contributed by atoms with Crippen LogP contribution in [0.2, 0.25) is 0 Å². The van der Waals surface area contributed by atoms with Crippen molar-refractivity contribution in [1.29, 1.82) is 0 Å². The first-order chi connectivity index (χ1) is 14.9. The van der Waals surface area contributed by atoms with Crippen molar-refractivity contribution in [3.8, 4) is 5.75 Å². The van der Waals surface area contributed by atoms with Gasteiger partial charge in [-0.25, -0.2) is 0 Å².